The molecule has 0 aromatic heterocycles. The van der Waals surface area contributed by atoms with E-state index >= 15 is 0 Å². The fourth-order valence-corrected chi connectivity index (χ4v) is 6.37. The molecule has 2 heterocycles. The maximum absolute atomic E-state index is 13.4. The molecule has 2 saturated carbocycles. The highest BCUT2D eigenvalue weighted by molar-refractivity contribution is 5.91. The number of carbonyl (C=O) groups is 3. The van der Waals surface area contributed by atoms with Crippen LogP contribution >= 0.6 is 0 Å². The minimum atomic E-state index is -1.03. The van der Waals surface area contributed by atoms with Crippen molar-refractivity contribution in [3.63, 3.8) is 0 Å². The second-order valence-corrected chi connectivity index (χ2v) is 10.6. The predicted molar refractivity (Wildman–Crippen MR) is 129 cm³/mol. The van der Waals surface area contributed by atoms with E-state index in [2.05, 4.69) is 29.6 Å². The zero-order valence-corrected chi connectivity index (χ0v) is 19.6. The first-order valence-corrected chi connectivity index (χ1v) is 12.6. The number of carboxylic acids is 1. The number of ether oxygens (including phenoxy) is 1. The summed E-state index contributed by atoms with van der Waals surface area (Å²) in [4.78, 5) is 39.5. The number of nitrogens with one attached hydrogen (secondary N) is 1. The van der Waals surface area contributed by atoms with E-state index in [0.29, 0.717) is 31.7 Å². The molecule has 1 atom stereocenters. The Bertz CT molecular complexity index is 1140. The van der Waals surface area contributed by atoms with Crippen molar-refractivity contribution in [3.05, 3.63) is 59.7 Å². The van der Waals surface area contributed by atoms with Crippen molar-refractivity contribution in [1.29, 1.82) is 0 Å². The van der Waals surface area contributed by atoms with E-state index in [1.807, 2.05) is 24.3 Å². The molecule has 7 nitrogen and oxygen atoms in total. The molecule has 2 aromatic rings. The van der Waals surface area contributed by atoms with Crippen LogP contribution in [0.3, 0.4) is 0 Å². The van der Waals surface area contributed by atoms with E-state index in [9.17, 15) is 19.5 Å². The number of hydrogen-bond acceptors (Lipinski definition) is 4. The standard InChI is InChI=1S/C28H30N2O5/c31-25(30-15-18-12-28(30,13-18)26(32)33)19(11-17-9-10-17)14-29-27(34)35-16-24-22-7-3-1-5-20(22)21-6-2-4-8-23(21)24/h1-8,17-19,24H,9-16H2,(H,29,34)(H,32,33). The average Bonchev–Trinajstić information content (AvgIpc) is 3.33. The van der Waals surface area contributed by atoms with Gasteiger partial charge in [-0.3, -0.25) is 4.79 Å². The molecule has 2 saturated heterocycles. The highest BCUT2D eigenvalue weighted by Gasteiger charge is 2.63. The zero-order valence-electron chi connectivity index (χ0n) is 19.6. The van der Waals surface area contributed by atoms with Gasteiger partial charge in [0.05, 0.1) is 5.92 Å². The van der Waals surface area contributed by atoms with Gasteiger partial charge in [-0.1, -0.05) is 61.4 Å². The zero-order chi connectivity index (χ0) is 24.2. The summed E-state index contributed by atoms with van der Waals surface area (Å²) in [5, 5.41) is 12.6. The van der Waals surface area contributed by atoms with Gasteiger partial charge in [0.1, 0.15) is 12.1 Å². The monoisotopic (exact) mass is 474 g/mol. The van der Waals surface area contributed by atoms with E-state index in [1.54, 1.807) is 4.90 Å². The molecule has 0 spiro atoms. The maximum Gasteiger partial charge on any atom is 0.407 e. The third kappa shape index (κ3) is 3.77. The lowest BCUT2D eigenvalue weighted by Crippen LogP contribution is -2.56. The van der Waals surface area contributed by atoms with Gasteiger partial charge in [-0.2, -0.15) is 0 Å². The summed E-state index contributed by atoms with van der Waals surface area (Å²) < 4.78 is 5.63. The summed E-state index contributed by atoms with van der Waals surface area (Å²) >= 11 is 0. The first-order chi connectivity index (χ1) is 17.0. The van der Waals surface area contributed by atoms with Crippen molar-refractivity contribution in [2.75, 3.05) is 19.7 Å². The highest BCUT2D eigenvalue weighted by atomic mass is 16.5. The fraction of sp³-hybridized carbons (Fsp3) is 0.464. The number of hydrogen-bond donors (Lipinski definition) is 2. The fourth-order valence-electron chi connectivity index (χ4n) is 6.37. The van der Waals surface area contributed by atoms with Crippen molar-refractivity contribution in [1.82, 2.24) is 10.2 Å². The average molecular weight is 475 g/mol. The summed E-state index contributed by atoms with van der Waals surface area (Å²) in [6.07, 6.45) is 3.40. The van der Waals surface area contributed by atoms with Crippen LogP contribution in [-0.4, -0.2) is 53.2 Å². The molecule has 1 unspecified atom stereocenters. The number of nitrogens with zero attached hydrogens (tertiary/aromatic N) is 1. The molecule has 4 fully saturated rings. The number of amides is 2. The Labute approximate surface area is 204 Å². The van der Waals surface area contributed by atoms with E-state index in [4.69, 9.17) is 4.74 Å². The van der Waals surface area contributed by atoms with Crippen LogP contribution < -0.4 is 5.32 Å². The van der Waals surface area contributed by atoms with Gasteiger partial charge in [-0.05, 0) is 53.4 Å². The molecule has 2 aromatic carbocycles. The van der Waals surface area contributed by atoms with Crippen LogP contribution in [-0.2, 0) is 14.3 Å². The van der Waals surface area contributed by atoms with Crippen LogP contribution in [0.2, 0.25) is 0 Å². The lowest BCUT2D eigenvalue weighted by molar-refractivity contribution is -0.160. The normalized spacial score (nSPS) is 24.8. The number of alkyl carbamates (subject to hydrolysis) is 1. The van der Waals surface area contributed by atoms with Gasteiger partial charge in [-0.15, -0.1) is 0 Å². The van der Waals surface area contributed by atoms with Crippen LogP contribution in [0, 0.1) is 17.8 Å². The number of carbonyl (C=O) groups excluding carboxylic acids is 2. The Morgan fingerprint density at radius 2 is 1.66 bits per heavy atom. The summed E-state index contributed by atoms with van der Waals surface area (Å²) in [5.41, 5.74) is 3.60. The summed E-state index contributed by atoms with van der Waals surface area (Å²) in [6, 6.07) is 16.4. The van der Waals surface area contributed by atoms with Crippen molar-refractivity contribution in [3.8, 4) is 11.1 Å². The molecule has 7 heteroatoms. The second-order valence-electron chi connectivity index (χ2n) is 10.6. The molecule has 0 radical (unpaired) electrons. The number of fused-ring (bicyclic) bond motifs is 4. The van der Waals surface area contributed by atoms with Gasteiger partial charge in [0.2, 0.25) is 5.91 Å². The topological polar surface area (TPSA) is 95.9 Å². The number of aliphatic carboxylic acids is 1. The smallest absolute Gasteiger partial charge is 0.407 e. The molecular weight excluding hydrogens is 444 g/mol. The summed E-state index contributed by atoms with van der Waals surface area (Å²) in [6.45, 7) is 0.900. The SMILES string of the molecule is O=C(NCC(CC1CC1)C(=O)N1CC2CC1(C(=O)O)C2)OCC1c2ccccc2-c2ccccc21. The molecule has 35 heavy (non-hydrogen) atoms. The lowest BCUT2D eigenvalue weighted by atomic mass is 9.73. The van der Waals surface area contributed by atoms with E-state index in [1.165, 1.54) is 11.1 Å². The molecule has 2 N–H and O–H groups in total. The minimum Gasteiger partial charge on any atom is -0.479 e. The minimum absolute atomic E-state index is 0.0242. The Kier molecular flexibility index (Phi) is 5.31. The molecule has 2 amide bonds. The highest BCUT2D eigenvalue weighted by Crippen LogP contribution is 2.51. The first-order valence-electron chi connectivity index (χ1n) is 12.6. The summed E-state index contributed by atoms with van der Waals surface area (Å²) in [5.74, 6) is -0.728. The van der Waals surface area contributed by atoms with Crippen LogP contribution in [0.15, 0.2) is 48.5 Å². The maximum atomic E-state index is 13.4. The first kappa shape index (κ1) is 22.1. The summed E-state index contributed by atoms with van der Waals surface area (Å²) in [7, 11) is 0. The largest absolute Gasteiger partial charge is 0.479 e. The Morgan fingerprint density at radius 1 is 1.03 bits per heavy atom. The molecule has 7 rings (SSSR count). The molecule has 5 aliphatic rings. The van der Waals surface area contributed by atoms with Gasteiger partial charge in [0.25, 0.3) is 0 Å². The van der Waals surface area contributed by atoms with Gasteiger partial charge in [0, 0.05) is 19.0 Å². The van der Waals surface area contributed by atoms with Crippen molar-refractivity contribution in [2.45, 2.75) is 43.6 Å². The van der Waals surface area contributed by atoms with Gasteiger partial charge < -0.3 is 20.1 Å². The van der Waals surface area contributed by atoms with Crippen molar-refractivity contribution < 1.29 is 24.2 Å². The van der Waals surface area contributed by atoms with Crippen LogP contribution in [0.1, 0.15) is 49.1 Å². The van der Waals surface area contributed by atoms with Crippen LogP contribution in [0.5, 0.6) is 0 Å². The van der Waals surface area contributed by atoms with Gasteiger partial charge in [-0.25, -0.2) is 9.59 Å². The van der Waals surface area contributed by atoms with Crippen LogP contribution in [0.25, 0.3) is 11.1 Å². The van der Waals surface area contributed by atoms with Gasteiger partial charge >= 0.3 is 12.1 Å². The lowest BCUT2D eigenvalue weighted by Gasteiger charge is -2.39. The molecule has 182 valence electrons. The second kappa shape index (κ2) is 8.40. The van der Waals surface area contributed by atoms with E-state index < -0.39 is 23.5 Å². The number of rotatable bonds is 8. The van der Waals surface area contributed by atoms with E-state index in [-0.39, 0.29) is 30.9 Å². The predicted octanol–water partition coefficient (Wildman–Crippen LogP) is 4.02. The number of carboxylic acid groups (broad SMARTS) is 1. The third-order valence-corrected chi connectivity index (χ3v) is 8.37. The third-order valence-electron chi connectivity index (χ3n) is 8.37. The Hall–Kier alpha value is -3.35. The Morgan fingerprint density at radius 3 is 2.26 bits per heavy atom. The Balaban J connectivity index is 1.09. The molecular formula is C28H30N2O5. The quantitative estimate of drug-likeness (QED) is 0.603. The molecule has 2 aliphatic heterocycles. The van der Waals surface area contributed by atoms with Gasteiger partial charge in [0.15, 0.2) is 0 Å². The van der Waals surface area contributed by atoms with Crippen molar-refractivity contribution in [2.24, 2.45) is 17.8 Å². The van der Waals surface area contributed by atoms with E-state index in [0.717, 1.165) is 24.0 Å². The molecule has 2 bridgehead atoms. The molecule has 3 aliphatic carbocycles. The van der Waals surface area contributed by atoms with Crippen LogP contribution in [0.4, 0.5) is 4.79 Å². The van der Waals surface area contributed by atoms with Crippen molar-refractivity contribution >= 4 is 18.0 Å². The number of benzene rings is 2.